The predicted octanol–water partition coefficient (Wildman–Crippen LogP) is 9.22. The van der Waals surface area contributed by atoms with Gasteiger partial charge in [-0.3, -0.25) is 24.7 Å². The van der Waals surface area contributed by atoms with Gasteiger partial charge >= 0.3 is 0 Å². The highest BCUT2D eigenvalue weighted by Gasteiger charge is 2.38. The number of hydrogen-bond donors (Lipinski definition) is 0. The SMILES string of the molecule is C.CN1CCC[C@H]1C1=CN([Si](C)(C)C)C=CC1[Si](C)(C)C.CN1CCC[C@H]1c1cccnc1.CN1CCC[C@H]1c1cnccc1[Si](C)(C)C. The maximum absolute atomic E-state index is 4.33. The van der Waals surface area contributed by atoms with Gasteiger partial charge in [-0.05, 0) is 126 Å². The van der Waals surface area contributed by atoms with E-state index in [1.165, 1.54) is 69.3 Å². The molecule has 4 atom stereocenters. The normalized spacial score (nSPS) is 25.2. The first-order valence-corrected chi connectivity index (χ1v) is 29.1. The molecule has 4 aliphatic heterocycles. The van der Waals surface area contributed by atoms with Gasteiger partial charge in [-0.1, -0.05) is 83.7 Å². The minimum atomic E-state index is -1.29. The lowest BCUT2D eigenvalue weighted by molar-refractivity contribution is 0.317. The van der Waals surface area contributed by atoms with Crippen LogP contribution < -0.4 is 5.19 Å². The van der Waals surface area contributed by atoms with Crippen LogP contribution in [0.25, 0.3) is 0 Å². The lowest BCUT2D eigenvalue weighted by Gasteiger charge is -2.41. The topological polar surface area (TPSA) is 38.7 Å². The Hall–Kier alpha value is -1.89. The Morgan fingerprint density at radius 3 is 1.69 bits per heavy atom. The standard InChI is InChI=1S/C16H32N2Si2.C13H22N2Si.C10H14N2.CH4/c1-17-11-8-9-15(17)14-13-18(20(5,6)7)12-10-16(14)19(2,3)4;1-15-9-5-6-12(15)11-10-14-8-7-13(11)16(2,3)4;1-12-7-3-5-10(12)9-4-2-6-11-8-9;/h10,12-13,15-16H,8-9,11H2,1-7H3;7-8,10,12H,5-6,9H2,1-4H3;2,4,6,8,10H,3,5,7H2,1H3;1H4/t15-,16?;12-;10-;/m000./s1. The second-order valence-corrected chi connectivity index (χ2v) is 33.1. The summed E-state index contributed by atoms with van der Waals surface area (Å²) in [6.07, 6.45) is 23.2. The Bertz CT molecular complexity index is 1360. The molecule has 0 aliphatic carbocycles. The predicted molar refractivity (Wildman–Crippen MR) is 223 cm³/mol. The highest BCUT2D eigenvalue weighted by atomic mass is 28.3. The molecule has 0 amide bonds. The quantitative estimate of drug-likeness (QED) is 0.277. The van der Waals surface area contributed by atoms with Crippen molar-refractivity contribution in [1.29, 1.82) is 0 Å². The van der Waals surface area contributed by atoms with Crippen LogP contribution in [-0.4, -0.2) is 100 Å². The van der Waals surface area contributed by atoms with Crippen molar-refractivity contribution in [2.24, 2.45) is 0 Å². The van der Waals surface area contributed by atoms with E-state index >= 15 is 0 Å². The summed E-state index contributed by atoms with van der Waals surface area (Å²) >= 11 is 0. The van der Waals surface area contributed by atoms with E-state index in [0.29, 0.717) is 23.7 Å². The maximum atomic E-state index is 4.33. The van der Waals surface area contributed by atoms with Gasteiger partial charge in [0.05, 0.1) is 16.1 Å². The van der Waals surface area contributed by atoms with Crippen molar-refractivity contribution in [3.8, 4) is 0 Å². The average Bonchev–Trinajstić information content (AvgIpc) is 3.77. The Morgan fingerprint density at radius 1 is 0.673 bits per heavy atom. The Balaban J connectivity index is 0.000000203. The summed E-state index contributed by atoms with van der Waals surface area (Å²) in [5.74, 6) is 0. The second-order valence-electron chi connectivity index (χ2n) is 17.8. The Labute approximate surface area is 305 Å². The minimum absolute atomic E-state index is 0. The summed E-state index contributed by atoms with van der Waals surface area (Å²) in [4.78, 5) is 15.9. The van der Waals surface area contributed by atoms with E-state index in [0.717, 1.165) is 0 Å². The Morgan fingerprint density at radius 2 is 1.22 bits per heavy atom. The van der Waals surface area contributed by atoms with Gasteiger partial charge in [-0.15, -0.1) is 0 Å². The number of pyridine rings is 2. The van der Waals surface area contributed by atoms with Gasteiger partial charge in [0.25, 0.3) is 0 Å². The van der Waals surface area contributed by atoms with Gasteiger partial charge in [-0.2, -0.15) is 0 Å². The molecule has 9 heteroatoms. The zero-order valence-corrected chi connectivity index (χ0v) is 35.6. The van der Waals surface area contributed by atoms with Crippen LogP contribution in [0.4, 0.5) is 0 Å². The lowest BCUT2D eigenvalue weighted by Crippen LogP contribution is -2.44. The van der Waals surface area contributed by atoms with E-state index in [2.05, 4.69) is 146 Å². The fraction of sp³-hybridized carbons (Fsp3) is 0.650. The van der Waals surface area contributed by atoms with Gasteiger partial charge in [-0.25, -0.2) is 0 Å². The number of nitrogens with zero attached hydrogens (tertiary/aromatic N) is 6. The average molecular weight is 721 g/mol. The van der Waals surface area contributed by atoms with Gasteiger partial charge < -0.3 is 4.57 Å². The van der Waals surface area contributed by atoms with Crippen LogP contribution in [-0.2, 0) is 0 Å². The van der Waals surface area contributed by atoms with Gasteiger partial charge in [0, 0.05) is 42.9 Å². The molecule has 6 heterocycles. The fourth-order valence-corrected chi connectivity index (χ4v) is 12.6. The fourth-order valence-electron chi connectivity index (χ4n) is 7.97. The van der Waals surface area contributed by atoms with Crippen molar-refractivity contribution in [3.05, 3.63) is 78.2 Å². The molecule has 2 aromatic heterocycles. The number of rotatable bonds is 6. The van der Waals surface area contributed by atoms with E-state index in [1.54, 1.807) is 10.8 Å². The molecule has 4 aliphatic rings. The largest absolute Gasteiger partial charge is 0.381 e. The Kier molecular flexibility index (Phi) is 14.9. The van der Waals surface area contributed by atoms with Gasteiger partial charge in [0.2, 0.25) is 0 Å². The zero-order chi connectivity index (χ0) is 35.3. The highest BCUT2D eigenvalue weighted by molar-refractivity contribution is 6.89. The summed E-state index contributed by atoms with van der Waals surface area (Å²) in [6.45, 7) is 25.8. The monoisotopic (exact) mass is 721 g/mol. The molecule has 274 valence electrons. The molecule has 0 radical (unpaired) electrons. The maximum Gasteiger partial charge on any atom is 0.152 e. The third-order valence-electron chi connectivity index (χ3n) is 10.8. The molecule has 49 heavy (non-hydrogen) atoms. The number of likely N-dealkylation sites (N-methyl/N-ethyl adjacent to an activating group) is 1. The molecule has 2 aromatic rings. The van der Waals surface area contributed by atoms with Gasteiger partial charge in [0.1, 0.15) is 0 Å². The molecule has 0 spiro atoms. The van der Waals surface area contributed by atoms with E-state index in [1.807, 2.05) is 24.7 Å². The number of aromatic nitrogens is 2. The summed E-state index contributed by atoms with van der Waals surface area (Å²) in [7, 11) is 2.99. The number of hydrogen-bond acceptors (Lipinski definition) is 6. The van der Waals surface area contributed by atoms with Crippen molar-refractivity contribution < 1.29 is 0 Å². The third-order valence-corrected chi connectivity index (χ3v) is 17.1. The van der Waals surface area contributed by atoms with Crippen LogP contribution in [0.2, 0.25) is 64.5 Å². The van der Waals surface area contributed by atoms with Crippen LogP contribution >= 0.6 is 0 Å². The van der Waals surface area contributed by atoms with Crippen LogP contribution in [0.1, 0.15) is 69.2 Å². The van der Waals surface area contributed by atoms with Crippen molar-refractivity contribution in [1.82, 2.24) is 29.2 Å². The van der Waals surface area contributed by atoms with Crippen LogP contribution in [0.5, 0.6) is 0 Å². The van der Waals surface area contributed by atoms with Crippen molar-refractivity contribution in [2.75, 3.05) is 40.8 Å². The minimum Gasteiger partial charge on any atom is -0.381 e. The first-order chi connectivity index (χ1) is 22.5. The molecule has 0 N–H and O–H groups in total. The molecule has 0 aromatic carbocycles. The van der Waals surface area contributed by atoms with Crippen LogP contribution in [0.3, 0.4) is 0 Å². The lowest BCUT2D eigenvalue weighted by atomic mass is 10.0. The molecule has 0 saturated carbocycles. The molecule has 0 bridgehead atoms. The second kappa shape index (κ2) is 17.6. The molecular weight excluding hydrogens is 649 g/mol. The van der Waals surface area contributed by atoms with E-state index in [4.69, 9.17) is 0 Å². The summed E-state index contributed by atoms with van der Waals surface area (Å²) in [5.41, 5.74) is 5.26. The molecule has 3 fully saturated rings. The summed E-state index contributed by atoms with van der Waals surface area (Å²) < 4.78 is 2.55. The van der Waals surface area contributed by atoms with E-state index < -0.39 is 24.4 Å². The van der Waals surface area contributed by atoms with E-state index in [-0.39, 0.29) is 7.43 Å². The third kappa shape index (κ3) is 11.0. The number of allylic oxidation sites excluding steroid dienone is 1. The highest BCUT2D eigenvalue weighted by Crippen LogP contribution is 2.41. The summed E-state index contributed by atoms with van der Waals surface area (Å²) in [6, 6.07) is 8.32. The van der Waals surface area contributed by atoms with Gasteiger partial charge in [0.15, 0.2) is 8.24 Å². The number of likely N-dealkylation sites (tertiary alicyclic amines) is 3. The molecule has 1 unspecified atom stereocenters. The first kappa shape index (κ1) is 41.5. The first-order valence-electron chi connectivity index (χ1n) is 18.6. The smallest absolute Gasteiger partial charge is 0.152 e. The van der Waals surface area contributed by atoms with Crippen molar-refractivity contribution >= 4 is 29.6 Å². The van der Waals surface area contributed by atoms with Crippen LogP contribution in [0, 0.1) is 0 Å². The van der Waals surface area contributed by atoms with Crippen LogP contribution in [0.15, 0.2) is 67.0 Å². The molecular formula is C40H72N6Si3. The zero-order valence-electron chi connectivity index (χ0n) is 32.6. The molecule has 3 saturated heterocycles. The van der Waals surface area contributed by atoms with Crippen molar-refractivity contribution in [2.45, 2.75) is 129 Å². The van der Waals surface area contributed by atoms with Crippen molar-refractivity contribution in [3.63, 3.8) is 0 Å². The van der Waals surface area contributed by atoms with E-state index in [9.17, 15) is 0 Å². The molecule has 6 rings (SSSR count). The summed E-state index contributed by atoms with van der Waals surface area (Å²) in [5, 5.41) is 1.58. The molecule has 6 nitrogen and oxygen atoms in total.